The van der Waals surface area contributed by atoms with Crippen molar-refractivity contribution in [1.29, 1.82) is 0 Å². The number of carbonyl (C=O) groups is 1. The van der Waals surface area contributed by atoms with Gasteiger partial charge in [0.2, 0.25) is 12.1 Å². The van der Waals surface area contributed by atoms with Crippen LogP contribution in [0.25, 0.3) is 0 Å². The van der Waals surface area contributed by atoms with E-state index in [0.717, 1.165) is 0 Å². The van der Waals surface area contributed by atoms with Gasteiger partial charge in [-0.05, 0) is 12.1 Å². The molecule has 0 fully saturated rings. The van der Waals surface area contributed by atoms with E-state index in [1.54, 1.807) is 12.1 Å². The summed E-state index contributed by atoms with van der Waals surface area (Å²) in [6.45, 7) is 0.133. The molecule has 3 rings (SSSR count). The van der Waals surface area contributed by atoms with Crippen LogP contribution in [0.15, 0.2) is 24.3 Å². The quantitative estimate of drug-likeness (QED) is 0.851. The first-order valence-electron chi connectivity index (χ1n) is 5.92. The maximum absolute atomic E-state index is 12.0. The summed E-state index contributed by atoms with van der Waals surface area (Å²) in [5.74, 6) is 0.972. The lowest BCUT2D eigenvalue weighted by Crippen LogP contribution is -2.40. The topological polar surface area (TPSA) is 98.4 Å². The molecule has 1 amide bonds. The molecule has 2 aromatic rings. The Labute approximate surface area is 114 Å². The number of fused-ring (bicyclic) bond motifs is 1. The van der Waals surface area contributed by atoms with E-state index < -0.39 is 6.10 Å². The molecule has 2 heterocycles. The molecule has 0 radical (unpaired) electrons. The molecule has 0 bridgehead atoms. The van der Waals surface area contributed by atoms with Gasteiger partial charge in [-0.2, -0.15) is 4.98 Å². The highest BCUT2D eigenvalue weighted by Crippen LogP contribution is 2.31. The zero-order chi connectivity index (χ0) is 13.9. The zero-order valence-electron chi connectivity index (χ0n) is 10.6. The molecule has 1 atom stereocenters. The number of nitrogens with zero attached hydrogens (tertiary/aromatic N) is 2. The standard InChI is InChI=1S/C12H12N4O4/c1-18-12-14-11(15-16-12)13-10(17)9-6-19-7-4-2-3-5-8(7)20-9/h2-5,9H,6H2,1H3,(H2,13,14,15,16,17). The maximum atomic E-state index is 12.0. The molecule has 8 heteroatoms. The SMILES string of the molecule is COc1n[nH]c(NC(=O)C2COc3ccccc3O2)n1. The lowest BCUT2D eigenvalue weighted by Gasteiger charge is -2.25. The lowest BCUT2D eigenvalue weighted by atomic mass is 10.2. The predicted molar refractivity (Wildman–Crippen MR) is 67.9 cm³/mol. The monoisotopic (exact) mass is 276 g/mol. The van der Waals surface area contributed by atoms with Crippen LogP contribution in [0.5, 0.6) is 17.5 Å². The van der Waals surface area contributed by atoms with Gasteiger partial charge in [0, 0.05) is 0 Å². The van der Waals surface area contributed by atoms with Gasteiger partial charge in [-0.1, -0.05) is 12.1 Å². The molecule has 1 aromatic heterocycles. The molecule has 1 unspecified atom stereocenters. The van der Waals surface area contributed by atoms with Crippen molar-refractivity contribution in [3.05, 3.63) is 24.3 Å². The number of benzene rings is 1. The number of rotatable bonds is 3. The van der Waals surface area contributed by atoms with Crippen LogP contribution in [-0.4, -0.2) is 40.9 Å². The van der Waals surface area contributed by atoms with Crippen LogP contribution in [0.1, 0.15) is 0 Å². The van der Waals surface area contributed by atoms with Crippen molar-refractivity contribution in [2.75, 3.05) is 19.0 Å². The van der Waals surface area contributed by atoms with Crippen molar-refractivity contribution >= 4 is 11.9 Å². The van der Waals surface area contributed by atoms with E-state index in [1.165, 1.54) is 7.11 Å². The highest BCUT2D eigenvalue weighted by atomic mass is 16.6. The van der Waals surface area contributed by atoms with Gasteiger partial charge >= 0.3 is 6.01 Å². The molecular formula is C12H12N4O4. The minimum atomic E-state index is -0.749. The molecule has 104 valence electrons. The average Bonchev–Trinajstić information content (AvgIpc) is 2.94. The molecule has 1 aliphatic rings. The molecule has 8 nitrogen and oxygen atoms in total. The zero-order valence-corrected chi connectivity index (χ0v) is 10.6. The Morgan fingerprint density at radius 2 is 2.25 bits per heavy atom. The number of ether oxygens (including phenoxy) is 3. The van der Waals surface area contributed by atoms with E-state index in [2.05, 4.69) is 20.5 Å². The first kappa shape index (κ1) is 12.3. The van der Waals surface area contributed by atoms with Gasteiger partial charge in [-0.3, -0.25) is 10.1 Å². The number of hydrogen-bond donors (Lipinski definition) is 2. The Hall–Kier alpha value is -2.77. The molecule has 0 aliphatic carbocycles. The van der Waals surface area contributed by atoms with Gasteiger partial charge in [0.05, 0.1) is 7.11 Å². The second kappa shape index (κ2) is 5.08. The number of nitrogens with one attached hydrogen (secondary N) is 2. The van der Waals surface area contributed by atoms with Gasteiger partial charge < -0.3 is 14.2 Å². The third-order valence-corrected chi connectivity index (χ3v) is 2.69. The van der Waals surface area contributed by atoms with Crippen molar-refractivity contribution < 1.29 is 19.0 Å². The van der Waals surface area contributed by atoms with Gasteiger partial charge in [-0.25, -0.2) is 5.10 Å². The Morgan fingerprint density at radius 3 is 3.00 bits per heavy atom. The number of carbonyl (C=O) groups excluding carboxylic acids is 1. The maximum Gasteiger partial charge on any atom is 0.336 e. The Morgan fingerprint density at radius 1 is 1.45 bits per heavy atom. The van der Waals surface area contributed by atoms with Crippen LogP contribution in [0.3, 0.4) is 0 Å². The molecule has 0 spiro atoms. The highest BCUT2D eigenvalue weighted by molar-refractivity contribution is 5.93. The summed E-state index contributed by atoms with van der Waals surface area (Å²) in [4.78, 5) is 15.9. The van der Waals surface area contributed by atoms with Gasteiger partial charge in [-0.15, -0.1) is 5.10 Å². The summed E-state index contributed by atoms with van der Waals surface area (Å²) >= 11 is 0. The van der Waals surface area contributed by atoms with Gasteiger partial charge in [0.15, 0.2) is 11.5 Å². The summed E-state index contributed by atoms with van der Waals surface area (Å²) in [7, 11) is 1.43. The van der Waals surface area contributed by atoms with Gasteiger partial charge in [0.1, 0.15) is 6.61 Å². The third kappa shape index (κ3) is 2.35. The van der Waals surface area contributed by atoms with Crippen LogP contribution in [0.2, 0.25) is 0 Å². The lowest BCUT2D eigenvalue weighted by molar-refractivity contribution is -0.125. The van der Waals surface area contributed by atoms with E-state index >= 15 is 0 Å². The second-order valence-electron chi connectivity index (χ2n) is 4.02. The normalized spacial score (nSPS) is 16.6. The third-order valence-electron chi connectivity index (χ3n) is 2.69. The Bertz CT molecular complexity index is 627. The van der Waals surface area contributed by atoms with Crippen molar-refractivity contribution in [3.8, 4) is 17.5 Å². The number of anilines is 1. The fourth-order valence-electron chi connectivity index (χ4n) is 1.74. The molecule has 20 heavy (non-hydrogen) atoms. The largest absolute Gasteiger partial charge is 0.485 e. The average molecular weight is 276 g/mol. The summed E-state index contributed by atoms with van der Waals surface area (Å²) in [6, 6.07) is 7.32. The first-order valence-corrected chi connectivity index (χ1v) is 5.92. The summed E-state index contributed by atoms with van der Waals surface area (Å²) in [5.41, 5.74) is 0. The molecule has 2 N–H and O–H groups in total. The summed E-state index contributed by atoms with van der Waals surface area (Å²) in [5, 5.41) is 8.80. The highest BCUT2D eigenvalue weighted by Gasteiger charge is 2.27. The molecular weight excluding hydrogens is 264 g/mol. The summed E-state index contributed by atoms with van der Waals surface area (Å²) < 4.78 is 15.8. The number of aromatic amines is 1. The minimum Gasteiger partial charge on any atom is -0.485 e. The van der Waals surface area contributed by atoms with Crippen molar-refractivity contribution in [3.63, 3.8) is 0 Å². The van der Waals surface area contributed by atoms with Crippen molar-refractivity contribution in [2.45, 2.75) is 6.10 Å². The molecule has 0 saturated carbocycles. The molecule has 1 aliphatic heterocycles. The number of aromatic nitrogens is 3. The van der Waals surface area contributed by atoms with Gasteiger partial charge in [0.25, 0.3) is 5.91 Å². The van der Waals surface area contributed by atoms with E-state index in [1.807, 2.05) is 12.1 Å². The van der Waals surface area contributed by atoms with E-state index in [4.69, 9.17) is 14.2 Å². The number of hydrogen-bond acceptors (Lipinski definition) is 6. The van der Waals surface area contributed by atoms with Crippen LogP contribution in [-0.2, 0) is 4.79 Å². The number of H-pyrrole nitrogens is 1. The molecule has 1 aromatic carbocycles. The fraction of sp³-hybridized carbons (Fsp3) is 0.250. The number of amides is 1. The van der Waals surface area contributed by atoms with Crippen molar-refractivity contribution in [2.24, 2.45) is 0 Å². The second-order valence-corrected chi connectivity index (χ2v) is 4.02. The number of methoxy groups -OCH3 is 1. The smallest absolute Gasteiger partial charge is 0.336 e. The molecule has 0 saturated heterocycles. The van der Waals surface area contributed by atoms with E-state index in [-0.39, 0.29) is 24.5 Å². The Kier molecular flexibility index (Phi) is 3.12. The van der Waals surface area contributed by atoms with E-state index in [9.17, 15) is 4.79 Å². The van der Waals surface area contributed by atoms with Crippen molar-refractivity contribution in [1.82, 2.24) is 15.2 Å². The van der Waals surface area contributed by atoms with Crippen LogP contribution in [0.4, 0.5) is 5.95 Å². The Balaban J connectivity index is 1.67. The fourth-order valence-corrected chi connectivity index (χ4v) is 1.74. The predicted octanol–water partition coefficient (Wildman–Crippen LogP) is 0.592. The van der Waals surface area contributed by atoms with Crippen LogP contribution < -0.4 is 19.5 Å². The summed E-state index contributed by atoms with van der Waals surface area (Å²) in [6.07, 6.45) is -0.749. The van der Waals surface area contributed by atoms with Crippen LogP contribution >= 0.6 is 0 Å². The number of para-hydroxylation sites is 2. The minimum absolute atomic E-state index is 0.133. The van der Waals surface area contributed by atoms with Crippen LogP contribution in [0, 0.1) is 0 Å². The van der Waals surface area contributed by atoms with E-state index in [0.29, 0.717) is 11.5 Å². The first-order chi connectivity index (χ1) is 9.76.